The van der Waals surface area contributed by atoms with Crippen LogP contribution in [0.2, 0.25) is 0 Å². The molecule has 0 atom stereocenters. The van der Waals surface area contributed by atoms with Gasteiger partial charge in [-0.1, -0.05) is 12.1 Å². The van der Waals surface area contributed by atoms with Crippen molar-refractivity contribution in [3.8, 4) is 5.75 Å². The summed E-state index contributed by atoms with van der Waals surface area (Å²) in [4.78, 5) is 20.6. The Bertz CT molecular complexity index is 401. The summed E-state index contributed by atoms with van der Waals surface area (Å²) in [6.07, 6.45) is -0.395. The molecule has 0 spiro atoms. The van der Waals surface area contributed by atoms with Crippen LogP contribution in [0, 0.1) is 10.1 Å². The second kappa shape index (κ2) is 4.41. The van der Waals surface area contributed by atoms with Gasteiger partial charge in [-0.2, -0.15) is 0 Å². The summed E-state index contributed by atoms with van der Waals surface area (Å²) in [5.74, 6) is -1.05. The zero-order valence-corrected chi connectivity index (χ0v) is 7.97. The Balaban J connectivity index is 3.25. The van der Waals surface area contributed by atoms with Crippen molar-refractivity contribution >= 4 is 11.7 Å². The molecule has 15 heavy (non-hydrogen) atoms. The summed E-state index contributed by atoms with van der Waals surface area (Å²) in [5, 5.41) is 19.3. The smallest absolute Gasteiger partial charge is 0.314 e. The van der Waals surface area contributed by atoms with E-state index in [0.29, 0.717) is 0 Å². The Morgan fingerprint density at radius 3 is 2.73 bits per heavy atom. The van der Waals surface area contributed by atoms with Gasteiger partial charge in [-0.3, -0.25) is 14.9 Å². The molecule has 0 aliphatic carbocycles. The summed E-state index contributed by atoms with van der Waals surface area (Å²) in [7, 11) is 1.30. The molecule has 0 bridgehead atoms. The molecule has 1 aromatic carbocycles. The molecule has 1 N–H and O–H groups in total. The van der Waals surface area contributed by atoms with Crippen LogP contribution in [0.3, 0.4) is 0 Å². The molecule has 0 heterocycles. The predicted molar refractivity (Wildman–Crippen MR) is 51.0 cm³/mol. The lowest BCUT2D eigenvalue weighted by atomic mass is 10.1. The van der Waals surface area contributed by atoms with Crippen molar-refractivity contribution in [3.05, 3.63) is 33.9 Å². The van der Waals surface area contributed by atoms with Gasteiger partial charge in [0, 0.05) is 5.56 Å². The zero-order chi connectivity index (χ0) is 11.4. The third-order valence-corrected chi connectivity index (χ3v) is 1.83. The lowest BCUT2D eigenvalue weighted by Gasteiger charge is -2.04. The largest absolute Gasteiger partial charge is 0.490 e. The van der Waals surface area contributed by atoms with E-state index in [4.69, 9.17) is 9.84 Å². The SMILES string of the molecule is COc1cccc(CC(=O)O)c1[N+](=O)[O-]. The molecule has 6 nitrogen and oxygen atoms in total. The highest BCUT2D eigenvalue weighted by molar-refractivity contribution is 5.73. The van der Waals surface area contributed by atoms with Crippen molar-refractivity contribution in [2.75, 3.05) is 7.11 Å². The lowest BCUT2D eigenvalue weighted by molar-refractivity contribution is -0.386. The van der Waals surface area contributed by atoms with Crippen LogP contribution in [0.5, 0.6) is 5.75 Å². The van der Waals surface area contributed by atoms with E-state index in [1.165, 1.54) is 25.3 Å². The van der Waals surface area contributed by atoms with Gasteiger partial charge in [0.05, 0.1) is 18.5 Å². The number of rotatable bonds is 4. The summed E-state index contributed by atoms with van der Waals surface area (Å²) in [6, 6.07) is 4.34. The zero-order valence-electron chi connectivity index (χ0n) is 7.97. The van der Waals surface area contributed by atoms with Gasteiger partial charge in [0.2, 0.25) is 0 Å². The van der Waals surface area contributed by atoms with E-state index < -0.39 is 17.3 Å². The second-order valence-corrected chi connectivity index (χ2v) is 2.80. The highest BCUT2D eigenvalue weighted by Crippen LogP contribution is 2.30. The van der Waals surface area contributed by atoms with Crippen molar-refractivity contribution in [1.82, 2.24) is 0 Å². The van der Waals surface area contributed by atoms with Crippen molar-refractivity contribution in [1.29, 1.82) is 0 Å². The molecule has 0 aliphatic heterocycles. The number of hydrogen-bond donors (Lipinski definition) is 1. The Kier molecular flexibility index (Phi) is 3.22. The van der Waals surface area contributed by atoms with Crippen molar-refractivity contribution in [2.24, 2.45) is 0 Å². The molecule has 0 aromatic heterocycles. The molecule has 0 saturated carbocycles. The fourth-order valence-electron chi connectivity index (χ4n) is 1.25. The quantitative estimate of drug-likeness (QED) is 0.597. The minimum absolute atomic E-state index is 0.0683. The van der Waals surface area contributed by atoms with Gasteiger partial charge in [-0.15, -0.1) is 0 Å². The van der Waals surface area contributed by atoms with Gasteiger partial charge in [0.1, 0.15) is 0 Å². The Hall–Kier alpha value is -2.11. The summed E-state index contributed by atoms with van der Waals surface area (Å²) >= 11 is 0. The topological polar surface area (TPSA) is 89.7 Å². The first-order valence-corrected chi connectivity index (χ1v) is 4.08. The third kappa shape index (κ3) is 2.43. The Morgan fingerprint density at radius 1 is 1.60 bits per heavy atom. The van der Waals surface area contributed by atoms with Crippen LogP contribution in [0.4, 0.5) is 5.69 Å². The molecule has 6 heteroatoms. The second-order valence-electron chi connectivity index (χ2n) is 2.80. The van der Waals surface area contributed by atoms with Gasteiger partial charge < -0.3 is 9.84 Å². The number of nitro groups is 1. The van der Waals surface area contributed by atoms with E-state index in [9.17, 15) is 14.9 Å². The maximum Gasteiger partial charge on any atom is 0.314 e. The number of aliphatic carboxylic acids is 1. The number of nitro benzene ring substituents is 1. The maximum absolute atomic E-state index is 10.7. The minimum Gasteiger partial charge on any atom is -0.490 e. The molecule has 1 rings (SSSR count). The average Bonchev–Trinajstić information content (AvgIpc) is 2.15. The number of carboxylic acid groups (broad SMARTS) is 1. The molecule has 0 unspecified atom stereocenters. The van der Waals surface area contributed by atoms with Crippen LogP contribution in [-0.2, 0) is 11.2 Å². The fraction of sp³-hybridized carbons (Fsp3) is 0.222. The van der Waals surface area contributed by atoms with E-state index in [1.807, 2.05) is 0 Å². The summed E-state index contributed by atoms with van der Waals surface area (Å²) in [6.45, 7) is 0. The number of methoxy groups -OCH3 is 1. The maximum atomic E-state index is 10.7. The number of benzene rings is 1. The van der Waals surface area contributed by atoms with E-state index in [-0.39, 0.29) is 17.0 Å². The van der Waals surface area contributed by atoms with Crippen LogP contribution in [-0.4, -0.2) is 23.1 Å². The molecule has 0 radical (unpaired) electrons. The number of nitrogens with zero attached hydrogens (tertiary/aromatic N) is 1. The molecular formula is C9H9NO5. The van der Waals surface area contributed by atoms with Crippen LogP contribution in [0.15, 0.2) is 18.2 Å². The third-order valence-electron chi connectivity index (χ3n) is 1.83. The highest BCUT2D eigenvalue weighted by atomic mass is 16.6. The molecule has 0 amide bonds. The first kappa shape index (κ1) is 11.0. The molecule has 0 fully saturated rings. The van der Waals surface area contributed by atoms with Crippen LogP contribution in [0.1, 0.15) is 5.56 Å². The molecule has 0 saturated heterocycles. The molecule has 0 aliphatic rings. The first-order chi connectivity index (χ1) is 7.06. The number of para-hydroxylation sites is 1. The monoisotopic (exact) mass is 211 g/mol. The van der Waals surface area contributed by atoms with Crippen molar-refractivity contribution in [2.45, 2.75) is 6.42 Å². The summed E-state index contributed by atoms with van der Waals surface area (Å²) < 4.78 is 4.79. The normalized spacial score (nSPS) is 9.67. The van der Waals surface area contributed by atoms with Gasteiger partial charge in [0.25, 0.3) is 0 Å². The van der Waals surface area contributed by atoms with Crippen molar-refractivity contribution in [3.63, 3.8) is 0 Å². The number of carboxylic acids is 1. The summed E-state index contributed by atoms with van der Waals surface area (Å²) in [5.41, 5.74) is -0.158. The van der Waals surface area contributed by atoms with E-state index in [0.717, 1.165) is 0 Å². The van der Waals surface area contributed by atoms with Crippen molar-refractivity contribution < 1.29 is 19.6 Å². The Morgan fingerprint density at radius 2 is 2.27 bits per heavy atom. The van der Waals surface area contributed by atoms with Crippen LogP contribution in [0.25, 0.3) is 0 Å². The van der Waals surface area contributed by atoms with Gasteiger partial charge in [0.15, 0.2) is 5.75 Å². The predicted octanol–water partition coefficient (Wildman–Crippen LogP) is 1.23. The number of carbonyl (C=O) groups is 1. The van der Waals surface area contributed by atoms with Gasteiger partial charge in [-0.25, -0.2) is 0 Å². The van der Waals surface area contributed by atoms with Gasteiger partial charge in [-0.05, 0) is 6.07 Å². The molecule has 80 valence electrons. The van der Waals surface area contributed by atoms with E-state index in [1.54, 1.807) is 0 Å². The number of hydrogen-bond acceptors (Lipinski definition) is 4. The van der Waals surface area contributed by atoms with Crippen LogP contribution >= 0.6 is 0 Å². The standard InChI is InChI=1S/C9H9NO5/c1-15-7-4-2-3-6(5-8(11)12)9(7)10(13)14/h2-4H,5H2,1H3,(H,11,12). The average molecular weight is 211 g/mol. The highest BCUT2D eigenvalue weighted by Gasteiger charge is 2.21. The van der Waals surface area contributed by atoms with E-state index in [2.05, 4.69) is 0 Å². The van der Waals surface area contributed by atoms with Gasteiger partial charge >= 0.3 is 11.7 Å². The first-order valence-electron chi connectivity index (χ1n) is 4.08. The minimum atomic E-state index is -1.12. The number of ether oxygens (including phenoxy) is 1. The lowest BCUT2D eigenvalue weighted by Crippen LogP contribution is -2.04. The molecule has 1 aromatic rings. The Labute approximate surface area is 85.2 Å². The molecular weight excluding hydrogens is 202 g/mol. The van der Waals surface area contributed by atoms with E-state index >= 15 is 0 Å². The fourth-order valence-corrected chi connectivity index (χ4v) is 1.25. The van der Waals surface area contributed by atoms with Crippen LogP contribution < -0.4 is 4.74 Å².